The SMILES string of the molecule is CC[C@H](C)NC(=O)[C@@H](C)N(Cc1ccc(C)cc1)C(=O)CCCN(c1ccccc1)S(C)(=O)=O. The van der Waals surface area contributed by atoms with Crippen molar-refractivity contribution in [2.24, 2.45) is 0 Å². The molecule has 2 rings (SSSR count). The number of benzene rings is 2. The second-order valence-electron chi connectivity index (χ2n) is 8.78. The quantitative estimate of drug-likeness (QED) is 0.492. The van der Waals surface area contributed by atoms with Crippen LogP contribution in [0.25, 0.3) is 0 Å². The third-order valence-corrected chi connectivity index (χ3v) is 7.03. The van der Waals surface area contributed by atoms with Gasteiger partial charge in [-0.15, -0.1) is 0 Å². The van der Waals surface area contributed by atoms with E-state index in [4.69, 9.17) is 0 Å². The van der Waals surface area contributed by atoms with Crippen LogP contribution in [0.1, 0.15) is 51.2 Å². The second kappa shape index (κ2) is 12.6. The number of nitrogens with zero attached hydrogens (tertiary/aromatic N) is 2. The summed E-state index contributed by atoms with van der Waals surface area (Å²) in [7, 11) is -3.49. The largest absolute Gasteiger partial charge is 0.352 e. The van der Waals surface area contributed by atoms with Crippen LogP contribution in [-0.4, -0.2) is 50.0 Å². The van der Waals surface area contributed by atoms with Gasteiger partial charge in [0, 0.05) is 25.6 Å². The second-order valence-corrected chi connectivity index (χ2v) is 10.7. The van der Waals surface area contributed by atoms with Crippen LogP contribution < -0.4 is 9.62 Å². The van der Waals surface area contributed by atoms with Crippen molar-refractivity contribution < 1.29 is 18.0 Å². The van der Waals surface area contributed by atoms with Crippen LogP contribution in [-0.2, 0) is 26.2 Å². The Morgan fingerprint density at radius 3 is 2.18 bits per heavy atom. The lowest BCUT2D eigenvalue weighted by Crippen LogP contribution is -2.49. The fraction of sp³-hybridized carbons (Fsp3) is 0.462. The molecule has 1 N–H and O–H groups in total. The van der Waals surface area contributed by atoms with Crippen LogP contribution in [0.15, 0.2) is 54.6 Å². The molecule has 2 amide bonds. The van der Waals surface area contributed by atoms with E-state index in [1.165, 1.54) is 4.31 Å². The van der Waals surface area contributed by atoms with E-state index in [9.17, 15) is 18.0 Å². The molecule has 7 nitrogen and oxygen atoms in total. The summed E-state index contributed by atoms with van der Waals surface area (Å²) in [5.74, 6) is -0.384. The van der Waals surface area contributed by atoms with Crippen molar-refractivity contribution in [3.63, 3.8) is 0 Å². The lowest BCUT2D eigenvalue weighted by Gasteiger charge is -2.30. The maximum absolute atomic E-state index is 13.3. The van der Waals surface area contributed by atoms with Gasteiger partial charge in [0.05, 0.1) is 11.9 Å². The van der Waals surface area contributed by atoms with Gasteiger partial charge in [-0.25, -0.2) is 8.42 Å². The molecule has 0 bridgehead atoms. The van der Waals surface area contributed by atoms with E-state index in [0.29, 0.717) is 18.7 Å². The van der Waals surface area contributed by atoms with E-state index in [1.54, 1.807) is 36.1 Å². The first-order valence-electron chi connectivity index (χ1n) is 11.7. The third kappa shape index (κ3) is 8.17. The first kappa shape index (κ1) is 27.4. The van der Waals surface area contributed by atoms with Crippen LogP contribution in [0, 0.1) is 6.92 Å². The molecular weight excluding hydrogens is 450 g/mol. The molecular formula is C26H37N3O4S. The molecule has 0 spiro atoms. The van der Waals surface area contributed by atoms with Crippen molar-refractivity contribution in [1.82, 2.24) is 10.2 Å². The summed E-state index contributed by atoms with van der Waals surface area (Å²) in [6.45, 7) is 8.14. The molecule has 0 fully saturated rings. The molecule has 0 aromatic heterocycles. The Bertz CT molecular complexity index is 1040. The monoisotopic (exact) mass is 487 g/mol. The molecule has 0 aliphatic heterocycles. The number of amides is 2. The van der Waals surface area contributed by atoms with Gasteiger partial charge in [-0.1, -0.05) is 55.0 Å². The average Bonchev–Trinajstić information content (AvgIpc) is 2.80. The topological polar surface area (TPSA) is 86.8 Å². The van der Waals surface area contributed by atoms with Crippen LogP contribution >= 0.6 is 0 Å². The molecule has 0 heterocycles. The zero-order valence-corrected chi connectivity index (χ0v) is 21.6. The molecule has 34 heavy (non-hydrogen) atoms. The number of sulfonamides is 1. The fourth-order valence-electron chi connectivity index (χ4n) is 3.54. The minimum absolute atomic E-state index is 0.0143. The highest BCUT2D eigenvalue weighted by Crippen LogP contribution is 2.19. The Morgan fingerprint density at radius 2 is 1.62 bits per heavy atom. The Hall–Kier alpha value is -2.87. The summed E-state index contributed by atoms with van der Waals surface area (Å²) < 4.78 is 25.9. The van der Waals surface area contributed by atoms with E-state index in [1.807, 2.05) is 51.1 Å². The highest BCUT2D eigenvalue weighted by atomic mass is 32.2. The molecule has 2 aromatic carbocycles. The molecule has 0 aliphatic rings. The van der Waals surface area contributed by atoms with Crippen molar-refractivity contribution in [1.29, 1.82) is 0 Å². The average molecular weight is 488 g/mol. The maximum atomic E-state index is 13.3. The van der Waals surface area contributed by atoms with Gasteiger partial charge in [0.15, 0.2) is 0 Å². The predicted octanol–water partition coefficient (Wildman–Crippen LogP) is 3.87. The highest BCUT2D eigenvalue weighted by Gasteiger charge is 2.27. The van der Waals surface area contributed by atoms with Crippen molar-refractivity contribution >= 4 is 27.5 Å². The maximum Gasteiger partial charge on any atom is 0.242 e. The Kier molecular flexibility index (Phi) is 10.1. The summed E-state index contributed by atoms with van der Waals surface area (Å²) in [6, 6.07) is 16.1. The van der Waals surface area contributed by atoms with Gasteiger partial charge in [0.1, 0.15) is 6.04 Å². The summed E-state index contributed by atoms with van der Waals surface area (Å²) in [4.78, 5) is 27.6. The number of rotatable bonds is 12. The van der Waals surface area contributed by atoms with E-state index in [0.717, 1.165) is 23.8 Å². The summed E-state index contributed by atoms with van der Waals surface area (Å²) in [5.41, 5.74) is 2.62. The third-order valence-electron chi connectivity index (χ3n) is 5.84. The van der Waals surface area contributed by atoms with E-state index >= 15 is 0 Å². The number of hydrogen-bond acceptors (Lipinski definition) is 4. The minimum Gasteiger partial charge on any atom is -0.352 e. The zero-order chi connectivity index (χ0) is 25.3. The number of nitrogens with one attached hydrogen (secondary N) is 1. The van der Waals surface area contributed by atoms with Crippen molar-refractivity contribution in [2.75, 3.05) is 17.1 Å². The molecule has 0 unspecified atom stereocenters. The van der Waals surface area contributed by atoms with Gasteiger partial charge in [0.25, 0.3) is 0 Å². The molecule has 0 radical (unpaired) electrons. The van der Waals surface area contributed by atoms with Gasteiger partial charge in [-0.2, -0.15) is 0 Å². The Labute approximate surface area is 204 Å². The summed E-state index contributed by atoms with van der Waals surface area (Å²) in [6.07, 6.45) is 2.43. The molecule has 186 valence electrons. The smallest absolute Gasteiger partial charge is 0.242 e. The van der Waals surface area contributed by atoms with Gasteiger partial charge in [0.2, 0.25) is 21.8 Å². The summed E-state index contributed by atoms with van der Waals surface area (Å²) >= 11 is 0. The van der Waals surface area contributed by atoms with Crippen LogP contribution in [0.5, 0.6) is 0 Å². The molecule has 0 saturated carbocycles. The van der Waals surface area contributed by atoms with Crippen LogP contribution in [0.4, 0.5) is 5.69 Å². The van der Waals surface area contributed by atoms with Gasteiger partial charge < -0.3 is 10.2 Å². The van der Waals surface area contributed by atoms with Gasteiger partial charge in [-0.05, 0) is 51.3 Å². The Balaban J connectivity index is 2.14. The van der Waals surface area contributed by atoms with Crippen molar-refractivity contribution in [3.05, 3.63) is 65.7 Å². The van der Waals surface area contributed by atoms with Gasteiger partial charge >= 0.3 is 0 Å². The zero-order valence-electron chi connectivity index (χ0n) is 20.8. The Morgan fingerprint density at radius 1 is 1.00 bits per heavy atom. The lowest BCUT2D eigenvalue weighted by atomic mass is 10.1. The number of hydrogen-bond donors (Lipinski definition) is 1. The number of carbonyl (C=O) groups excluding carboxylic acids is 2. The first-order valence-corrected chi connectivity index (χ1v) is 13.6. The van der Waals surface area contributed by atoms with E-state index in [2.05, 4.69) is 5.32 Å². The van der Waals surface area contributed by atoms with Crippen LogP contribution in [0.3, 0.4) is 0 Å². The molecule has 2 atom stereocenters. The fourth-order valence-corrected chi connectivity index (χ4v) is 4.50. The van der Waals surface area contributed by atoms with Gasteiger partial charge in [-0.3, -0.25) is 13.9 Å². The molecule has 8 heteroatoms. The first-order chi connectivity index (χ1) is 16.0. The number of carbonyl (C=O) groups is 2. The highest BCUT2D eigenvalue weighted by molar-refractivity contribution is 7.92. The number of para-hydroxylation sites is 1. The molecule has 0 aliphatic carbocycles. The number of anilines is 1. The molecule has 2 aromatic rings. The molecule has 0 saturated heterocycles. The standard InChI is InChI=1S/C26H37N3O4S/c1-6-21(3)27-26(31)22(4)28(19-23-16-14-20(2)15-17-23)25(30)13-10-18-29(34(5,32)33)24-11-8-7-9-12-24/h7-9,11-12,14-17,21-22H,6,10,13,18-19H2,1-5H3,(H,27,31)/t21-,22+/m0/s1. The normalized spacial score (nSPS) is 13.1. The number of aryl methyl sites for hydroxylation is 1. The minimum atomic E-state index is -3.49. The van der Waals surface area contributed by atoms with Crippen molar-refractivity contribution in [3.8, 4) is 0 Å². The summed E-state index contributed by atoms with van der Waals surface area (Å²) in [5, 5.41) is 2.95. The van der Waals surface area contributed by atoms with Crippen molar-refractivity contribution in [2.45, 2.75) is 65.6 Å². The van der Waals surface area contributed by atoms with E-state index in [-0.39, 0.29) is 30.8 Å². The lowest BCUT2D eigenvalue weighted by molar-refractivity contribution is -0.140. The van der Waals surface area contributed by atoms with Crippen LogP contribution in [0.2, 0.25) is 0 Å². The van der Waals surface area contributed by atoms with E-state index < -0.39 is 16.1 Å². The predicted molar refractivity (Wildman–Crippen MR) is 137 cm³/mol.